The van der Waals surface area contributed by atoms with Crippen molar-refractivity contribution in [2.45, 2.75) is 38.8 Å². The Kier molecular flexibility index (Phi) is 5.53. The van der Waals surface area contributed by atoms with Crippen LogP contribution in [0.25, 0.3) is 11.4 Å². The van der Waals surface area contributed by atoms with E-state index in [1.807, 2.05) is 17.3 Å². The molecule has 1 amide bonds. The van der Waals surface area contributed by atoms with Crippen LogP contribution in [0.5, 0.6) is 0 Å². The Morgan fingerprint density at radius 3 is 2.52 bits per heavy atom. The summed E-state index contributed by atoms with van der Waals surface area (Å²) in [5.74, 6) is 1.19. The number of rotatable bonds is 6. The van der Waals surface area contributed by atoms with Crippen LogP contribution in [0.4, 0.5) is 0 Å². The largest absolute Gasteiger partial charge is 0.343 e. The Hall–Kier alpha value is -2.14. The van der Waals surface area contributed by atoms with Crippen LogP contribution in [0.2, 0.25) is 0 Å². The van der Waals surface area contributed by atoms with Crippen molar-refractivity contribution in [3.8, 4) is 11.4 Å². The van der Waals surface area contributed by atoms with Crippen LogP contribution < -0.4 is 0 Å². The van der Waals surface area contributed by atoms with Crippen LogP contribution in [0.3, 0.4) is 0 Å². The fraction of sp³-hybridized carbons (Fsp3) is 0.500. The molecule has 0 bridgehead atoms. The molecule has 2 heterocycles. The molecule has 0 spiro atoms. The molecule has 3 rings (SSSR count). The second-order valence-corrected chi connectivity index (χ2v) is 7.04. The highest BCUT2D eigenvalue weighted by Gasteiger charge is 2.18. The summed E-state index contributed by atoms with van der Waals surface area (Å²) in [6, 6.07) is 8.95. The monoisotopic (exact) mass is 340 g/mol. The quantitative estimate of drug-likeness (QED) is 0.811. The minimum atomic E-state index is 0.257. The molecule has 0 saturated carbocycles. The van der Waals surface area contributed by atoms with Gasteiger partial charge in [-0.1, -0.05) is 24.3 Å². The summed E-state index contributed by atoms with van der Waals surface area (Å²) in [5.41, 5.74) is 2.38. The van der Waals surface area contributed by atoms with Gasteiger partial charge in [-0.3, -0.25) is 4.79 Å². The van der Waals surface area contributed by atoms with Gasteiger partial charge in [-0.2, -0.15) is 0 Å². The minimum Gasteiger partial charge on any atom is -0.343 e. The third-order valence-electron chi connectivity index (χ3n) is 5.17. The fourth-order valence-corrected chi connectivity index (χ4v) is 3.30. The maximum Gasteiger partial charge on any atom is 0.224 e. The number of imidazole rings is 1. The zero-order chi connectivity index (χ0) is 17.8. The van der Waals surface area contributed by atoms with Crippen LogP contribution in [-0.2, 0) is 11.3 Å². The molecule has 1 unspecified atom stereocenters. The zero-order valence-electron chi connectivity index (χ0n) is 15.5. The van der Waals surface area contributed by atoms with E-state index >= 15 is 0 Å². The van der Waals surface area contributed by atoms with Gasteiger partial charge in [0, 0.05) is 50.1 Å². The predicted molar refractivity (Wildman–Crippen MR) is 100 cm³/mol. The van der Waals surface area contributed by atoms with Gasteiger partial charge in [-0.25, -0.2) is 4.98 Å². The van der Waals surface area contributed by atoms with Gasteiger partial charge in [-0.15, -0.1) is 0 Å². The summed E-state index contributed by atoms with van der Waals surface area (Å²) in [6.45, 7) is 4.71. The van der Waals surface area contributed by atoms with E-state index < -0.39 is 0 Å². The Morgan fingerprint density at radius 1 is 1.20 bits per heavy atom. The first kappa shape index (κ1) is 17.7. The molecule has 1 aliphatic heterocycles. The number of carbonyl (C=O) groups is 1. The third kappa shape index (κ3) is 4.10. The number of hydrogen-bond donors (Lipinski definition) is 0. The van der Waals surface area contributed by atoms with Gasteiger partial charge in [0.25, 0.3) is 0 Å². The maximum absolute atomic E-state index is 12.3. The normalized spacial score (nSPS) is 15.8. The molecular weight excluding hydrogens is 312 g/mol. The lowest BCUT2D eigenvalue weighted by atomic mass is 10.1. The number of benzene rings is 1. The Bertz CT molecular complexity index is 699. The molecule has 1 aliphatic rings. The van der Waals surface area contributed by atoms with Crippen molar-refractivity contribution in [3.63, 3.8) is 0 Å². The standard InChI is InChI=1S/C20H28N4O/c1-16(22(2)3)17-6-8-18(9-7-17)20-21-11-15-24(20)14-10-19(25)23-12-4-5-13-23/h6-9,11,15-16H,4-5,10,12-14H2,1-3H3. The Balaban J connectivity index is 1.67. The van der Waals surface area contributed by atoms with E-state index in [0.717, 1.165) is 37.3 Å². The van der Waals surface area contributed by atoms with Crippen molar-refractivity contribution in [3.05, 3.63) is 42.2 Å². The Labute approximate surface area is 150 Å². The number of aromatic nitrogens is 2. The number of likely N-dealkylation sites (tertiary alicyclic amines) is 1. The fourth-order valence-electron chi connectivity index (χ4n) is 3.30. The predicted octanol–water partition coefficient (Wildman–Crippen LogP) is 3.19. The van der Waals surface area contributed by atoms with E-state index in [-0.39, 0.29) is 5.91 Å². The second-order valence-electron chi connectivity index (χ2n) is 7.04. The van der Waals surface area contributed by atoms with Crippen LogP contribution in [0, 0.1) is 0 Å². The van der Waals surface area contributed by atoms with Gasteiger partial charge >= 0.3 is 0 Å². The summed E-state index contributed by atoms with van der Waals surface area (Å²) in [6.07, 6.45) is 6.59. The van der Waals surface area contributed by atoms with Crippen LogP contribution >= 0.6 is 0 Å². The molecule has 25 heavy (non-hydrogen) atoms. The number of nitrogens with zero attached hydrogens (tertiary/aromatic N) is 4. The lowest BCUT2D eigenvalue weighted by Crippen LogP contribution is -2.28. The molecule has 2 aromatic rings. The average Bonchev–Trinajstić information content (AvgIpc) is 3.30. The topological polar surface area (TPSA) is 41.4 Å². The van der Waals surface area contributed by atoms with Gasteiger partial charge < -0.3 is 14.4 Å². The average molecular weight is 340 g/mol. The second kappa shape index (κ2) is 7.83. The first-order chi connectivity index (χ1) is 12.1. The Morgan fingerprint density at radius 2 is 1.88 bits per heavy atom. The molecule has 0 radical (unpaired) electrons. The SMILES string of the molecule is CC(c1ccc(-c2nccn2CCC(=O)N2CCCC2)cc1)N(C)C. The van der Waals surface area contributed by atoms with Crippen molar-refractivity contribution in [1.29, 1.82) is 0 Å². The third-order valence-corrected chi connectivity index (χ3v) is 5.17. The van der Waals surface area contributed by atoms with Crippen molar-refractivity contribution >= 4 is 5.91 Å². The summed E-state index contributed by atoms with van der Waals surface area (Å²) in [5, 5.41) is 0. The lowest BCUT2D eigenvalue weighted by molar-refractivity contribution is -0.130. The highest BCUT2D eigenvalue weighted by atomic mass is 16.2. The first-order valence-electron chi connectivity index (χ1n) is 9.12. The first-order valence-corrected chi connectivity index (χ1v) is 9.12. The van der Waals surface area contributed by atoms with Gasteiger partial charge in [-0.05, 0) is 39.4 Å². The number of hydrogen-bond acceptors (Lipinski definition) is 3. The van der Waals surface area contributed by atoms with Gasteiger partial charge in [0.15, 0.2) is 0 Å². The maximum atomic E-state index is 12.3. The lowest BCUT2D eigenvalue weighted by Gasteiger charge is -2.20. The van der Waals surface area contributed by atoms with Crippen molar-refractivity contribution in [2.24, 2.45) is 0 Å². The molecule has 1 aromatic carbocycles. The van der Waals surface area contributed by atoms with E-state index in [2.05, 4.69) is 59.7 Å². The van der Waals surface area contributed by atoms with E-state index in [9.17, 15) is 4.79 Å². The molecule has 0 N–H and O–H groups in total. The summed E-state index contributed by atoms with van der Waals surface area (Å²) >= 11 is 0. The zero-order valence-corrected chi connectivity index (χ0v) is 15.5. The number of amides is 1. The van der Waals surface area contributed by atoms with Gasteiger partial charge in [0.2, 0.25) is 5.91 Å². The van der Waals surface area contributed by atoms with Crippen molar-refractivity contribution < 1.29 is 4.79 Å². The number of aryl methyl sites for hydroxylation is 1. The molecule has 5 heteroatoms. The van der Waals surface area contributed by atoms with Crippen LogP contribution in [-0.4, -0.2) is 52.4 Å². The van der Waals surface area contributed by atoms with Gasteiger partial charge in [0.1, 0.15) is 5.82 Å². The number of carbonyl (C=O) groups excluding carboxylic acids is 1. The van der Waals surface area contributed by atoms with E-state index in [4.69, 9.17) is 0 Å². The summed E-state index contributed by atoms with van der Waals surface area (Å²) in [4.78, 5) is 20.9. The molecule has 5 nitrogen and oxygen atoms in total. The van der Waals surface area contributed by atoms with Crippen LogP contribution in [0.15, 0.2) is 36.7 Å². The molecule has 1 fully saturated rings. The summed E-state index contributed by atoms with van der Waals surface area (Å²) in [7, 11) is 4.17. The van der Waals surface area contributed by atoms with E-state index in [1.54, 1.807) is 0 Å². The molecule has 1 aromatic heterocycles. The molecule has 1 atom stereocenters. The highest BCUT2D eigenvalue weighted by molar-refractivity contribution is 5.76. The molecule has 134 valence electrons. The minimum absolute atomic E-state index is 0.257. The van der Waals surface area contributed by atoms with Crippen molar-refractivity contribution in [1.82, 2.24) is 19.4 Å². The van der Waals surface area contributed by atoms with Crippen molar-refractivity contribution in [2.75, 3.05) is 27.2 Å². The molecule has 1 saturated heterocycles. The van der Waals surface area contributed by atoms with E-state index in [0.29, 0.717) is 19.0 Å². The van der Waals surface area contributed by atoms with Gasteiger partial charge in [0.05, 0.1) is 0 Å². The highest BCUT2D eigenvalue weighted by Crippen LogP contribution is 2.23. The molecular formula is C20H28N4O. The van der Waals surface area contributed by atoms with E-state index in [1.165, 1.54) is 5.56 Å². The molecule has 0 aliphatic carbocycles. The van der Waals surface area contributed by atoms with Crippen LogP contribution in [0.1, 0.15) is 37.8 Å². The smallest absolute Gasteiger partial charge is 0.224 e. The summed E-state index contributed by atoms with van der Waals surface area (Å²) < 4.78 is 2.08.